The molecule has 2 heterocycles. The quantitative estimate of drug-likeness (QED) is 0.504. The first-order valence-corrected chi connectivity index (χ1v) is 8.51. The van der Waals surface area contributed by atoms with Crippen LogP contribution in [0.2, 0.25) is 0 Å². The SMILES string of the molecule is c1ccc2nn(Cc3ccc(Cn4nnc5ccccc54)cc3)nc2c1. The van der Waals surface area contributed by atoms with Crippen molar-refractivity contribution in [1.82, 2.24) is 30.0 Å². The highest BCUT2D eigenvalue weighted by Crippen LogP contribution is 2.14. The molecular weight excluding hydrogens is 324 g/mol. The molecule has 0 unspecified atom stereocenters. The summed E-state index contributed by atoms with van der Waals surface area (Å²) in [4.78, 5) is 1.74. The number of benzene rings is 3. The number of hydrogen-bond donors (Lipinski definition) is 0. The van der Waals surface area contributed by atoms with Gasteiger partial charge in [-0.15, -0.1) is 5.10 Å². The van der Waals surface area contributed by atoms with Crippen LogP contribution in [-0.4, -0.2) is 30.0 Å². The fourth-order valence-electron chi connectivity index (χ4n) is 3.10. The third-order valence-corrected chi connectivity index (χ3v) is 4.43. The Morgan fingerprint density at radius 2 is 1.19 bits per heavy atom. The van der Waals surface area contributed by atoms with Crippen LogP contribution in [0.3, 0.4) is 0 Å². The van der Waals surface area contributed by atoms with Gasteiger partial charge in [-0.25, -0.2) is 4.68 Å². The third-order valence-electron chi connectivity index (χ3n) is 4.43. The van der Waals surface area contributed by atoms with Gasteiger partial charge in [0.15, 0.2) is 0 Å². The second-order valence-corrected chi connectivity index (χ2v) is 6.27. The van der Waals surface area contributed by atoms with Gasteiger partial charge in [0.1, 0.15) is 16.6 Å². The van der Waals surface area contributed by atoms with Crippen LogP contribution in [0.4, 0.5) is 0 Å². The predicted molar refractivity (Wildman–Crippen MR) is 99.7 cm³/mol. The maximum absolute atomic E-state index is 4.51. The number of nitrogens with zero attached hydrogens (tertiary/aromatic N) is 6. The zero-order valence-electron chi connectivity index (χ0n) is 14.0. The van der Waals surface area contributed by atoms with Crippen molar-refractivity contribution in [3.8, 4) is 0 Å². The van der Waals surface area contributed by atoms with Gasteiger partial charge in [-0.3, -0.25) is 0 Å². The highest BCUT2D eigenvalue weighted by molar-refractivity contribution is 5.74. The average molecular weight is 340 g/mol. The van der Waals surface area contributed by atoms with Gasteiger partial charge < -0.3 is 0 Å². The standard InChI is InChI=1S/C20H16N6/c1-2-6-18-17(5-1)22-26(23-18)14-16-11-9-15(10-12-16)13-25-20-8-4-3-7-19(20)21-24-25/h1-12H,13-14H2. The van der Waals surface area contributed by atoms with Gasteiger partial charge in [0.25, 0.3) is 0 Å². The first-order chi connectivity index (χ1) is 12.8. The Balaban J connectivity index is 1.35. The van der Waals surface area contributed by atoms with E-state index < -0.39 is 0 Å². The Morgan fingerprint density at radius 3 is 1.88 bits per heavy atom. The predicted octanol–water partition coefficient (Wildman–Crippen LogP) is 3.27. The molecule has 0 fully saturated rings. The van der Waals surface area contributed by atoms with Crippen LogP contribution in [0.15, 0.2) is 72.8 Å². The molecule has 6 nitrogen and oxygen atoms in total. The van der Waals surface area contributed by atoms with Crippen LogP contribution in [0.25, 0.3) is 22.1 Å². The largest absolute Gasteiger partial charge is 0.240 e. The Hall–Kier alpha value is -3.54. The van der Waals surface area contributed by atoms with E-state index in [9.17, 15) is 0 Å². The van der Waals surface area contributed by atoms with Gasteiger partial charge in [0, 0.05) is 0 Å². The number of aromatic nitrogens is 6. The summed E-state index contributed by atoms with van der Waals surface area (Å²) in [6.45, 7) is 1.35. The summed E-state index contributed by atoms with van der Waals surface area (Å²) in [7, 11) is 0. The lowest BCUT2D eigenvalue weighted by atomic mass is 10.1. The van der Waals surface area contributed by atoms with E-state index >= 15 is 0 Å². The van der Waals surface area contributed by atoms with Gasteiger partial charge >= 0.3 is 0 Å². The van der Waals surface area contributed by atoms with Crippen LogP contribution < -0.4 is 0 Å². The van der Waals surface area contributed by atoms with Crippen molar-refractivity contribution in [3.63, 3.8) is 0 Å². The van der Waals surface area contributed by atoms with Gasteiger partial charge in [-0.05, 0) is 35.4 Å². The molecule has 0 radical (unpaired) electrons. The Morgan fingerprint density at radius 1 is 0.615 bits per heavy atom. The van der Waals surface area contributed by atoms with Crippen molar-refractivity contribution in [2.24, 2.45) is 0 Å². The lowest BCUT2D eigenvalue weighted by Crippen LogP contribution is -2.05. The van der Waals surface area contributed by atoms with E-state index in [-0.39, 0.29) is 0 Å². The van der Waals surface area contributed by atoms with E-state index in [2.05, 4.69) is 44.8 Å². The molecule has 0 amide bonds. The van der Waals surface area contributed by atoms with E-state index in [1.165, 1.54) is 5.56 Å². The fourth-order valence-corrected chi connectivity index (χ4v) is 3.10. The summed E-state index contributed by atoms with van der Waals surface area (Å²) in [6.07, 6.45) is 0. The van der Waals surface area contributed by atoms with E-state index in [0.717, 1.165) is 27.6 Å². The normalized spacial score (nSPS) is 11.4. The van der Waals surface area contributed by atoms with Gasteiger partial charge in [0.2, 0.25) is 0 Å². The smallest absolute Gasteiger partial charge is 0.113 e. The van der Waals surface area contributed by atoms with Crippen molar-refractivity contribution in [2.75, 3.05) is 0 Å². The zero-order chi connectivity index (χ0) is 17.3. The minimum absolute atomic E-state index is 0.654. The summed E-state index contributed by atoms with van der Waals surface area (Å²) in [6, 6.07) is 24.4. The lowest BCUT2D eigenvalue weighted by molar-refractivity contribution is 0.600. The molecular formula is C20H16N6. The molecule has 3 aromatic carbocycles. The van der Waals surface area contributed by atoms with Crippen molar-refractivity contribution < 1.29 is 0 Å². The molecule has 5 rings (SSSR count). The van der Waals surface area contributed by atoms with Crippen LogP contribution in [0.5, 0.6) is 0 Å². The Kier molecular flexibility index (Phi) is 3.45. The van der Waals surface area contributed by atoms with Gasteiger partial charge in [0.05, 0.1) is 18.6 Å². The number of para-hydroxylation sites is 1. The Bertz CT molecular complexity index is 1150. The molecule has 0 aliphatic rings. The van der Waals surface area contributed by atoms with Gasteiger partial charge in [-0.1, -0.05) is 53.7 Å². The van der Waals surface area contributed by atoms with Crippen LogP contribution in [-0.2, 0) is 13.1 Å². The first-order valence-electron chi connectivity index (χ1n) is 8.51. The average Bonchev–Trinajstić information content (AvgIpc) is 3.27. The highest BCUT2D eigenvalue weighted by Gasteiger charge is 2.05. The molecule has 0 bridgehead atoms. The molecule has 0 aliphatic heterocycles. The number of rotatable bonds is 4. The van der Waals surface area contributed by atoms with Crippen molar-refractivity contribution in [3.05, 3.63) is 83.9 Å². The second-order valence-electron chi connectivity index (χ2n) is 6.27. The molecule has 0 atom stereocenters. The monoisotopic (exact) mass is 340 g/mol. The molecule has 0 saturated heterocycles. The molecule has 5 aromatic rings. The van der Waals surface area contributed by atoms with Gasteiger partial charge in [-0.2, -0.15) is 15.0 Å². The topological polar surface area (TPSA) is 61.4 Å². The molecule has 0 saturated carbocycles. The maximum Gasteiger partial charge on any atom is 0.113 e. The minimum Gasteiger partial charge on any atom is -0.240 e. The van der Waals surface area contributed by atoms with Crippen molar-refractivity contribution >= 4 is 22.1 Å². The summed E-state index contributed by atoms with van der Waals surface area (Å²) < 4.78 is 1.92. The molecule has 6 heteroatoms. The summed E-state index contributed by atoms with van der Waals surface area (Å²) in [5.74, 6) is 0. The molecule has 0 aliphatic carbocycles. The number of fused-ring (bicyclic) bond motifs is 2. The molecule has 0 N–H and O–H groups in total. The second kappa shape index (κ2) is 6.07. The van der Waals surface area contributed by atoms with Crippen LogP contribution in [0, 0.1) is 0 Å². The summed E-state index contributed by atoms with van der Waals surface area (Å²) >= 11 is 0. The summed E-state index contributed by atoms with van der Waals surface area (Å²) in [5.41, 5.74) is 6.15. The van der Waals surface area contributed by atoms with E-state index in [4.69, 9.17) is 0 Å². The zero-order valence-corrected chi connectivity index (χ0v) is 14.0. The van der Waals surface area contributed by atoms with E-state index in [1.807, 2.05) is 53.2 Å². The van der Waals surface area contributed by atoms with Crippen molar-refractivity contribution in [2.45, 2.75) is 13.1 Å². The lowest BCUT2D eigenvalue weighted by Gasteiger charge is -2.05. The Labute approximate surface area is 149 Å². The van der Waals surface area contributed by atoms with Crippen molar-refractivity contribution in [1.29, 1.82) is 0 Å². The number of hydrogen-bond acceptors (Lipinski definition) is 4. The first kappa shape index (κ1) is 14.8. The molecule has 2 aromatic heterocycles. The molecule has 126 valence electrons. The van der Waals surface area contributed by atoms with E-state index in [0.29, 0.717) is 13.1 Å². The van der Waals surface area contributed by atoms with Crippen LogP contribution in [0.1, 0.15) is 11.1 Å². The summed E-state index contributed by atoms with van der Waals surface area (Å²) in [5, 5.41) is 17.5. The highest BCUT2D eigenvalue weighted by atomic mass is 15.5. The fraction of sp³-hybridized carbons (Fsp3) is 0.100. The minimum atomic E-state index is 0.654. The molecule has 26 heavy (non-hydrogen) atoms. The molecule has 0 spiro atoms. The van der Waals surface area contributed by atoms with Crippen LogP contribution >= 0.6 is 0 Å². The maximum atomic E-state index is 4.51. The van der Waals surface area contributed by atoms with E-state index in [1.54, 1.807) is 4.80 Å². The third kappa shape index (κ3) is 2.71.